The number of benzene rings is 4. The highest BCUT2D eigenvalue weighted by molar-refractivity contribution is 5.83. The van der Waals surface area contributed by atoms with E-state index in [1.54, 1.807) is 12.3 Å². The predicted molar refractivity (Wildman–Crippen MR) is 136 cm³/mol. The summed E-state index contributed by atoms with van der Waals surface area (Å²) in [5.74, 6) is 1.08. The molecule has 0 aliphatic rings. The maximum absolute atomic E-state index is 12.6. The molecule has 5 aromatic rings. The standard InChI is InChI=1S/C28H22N4O2/c33-27-25-16-7-8-17-26(25)32(23-13-5-2-6-14-23)28(30-27)31-29-19-22-12-9-15-24(18-22)34-20-21-10-3-1-4-11-21/h1-19H,20H2,(H,30,31,33). The number of para-hydroxylation sites is 2. The Kier molecular flexibility index (Phi) is 6.12. The zero-order valence-electron chi connectivity index (χ0n) is 18.3. The molecule has 0 unspecified atom stereocenters. The van der Waals surface area contributed by atoms with Crippen molar-refractivity contribution in [2.75, 3.05) is 5.43 Å². The summed E-state index contributed by atoms with van der Waals surface area (Å²) in [4.78, 5) is 16.9. The van der Waals surface area contributed by atoms with Crippen LogP contribution in [0.2, 0.25) is 0 Å². The van der Waals surface area contributed by atoms with Crippen molar-refractivity contribution < 1.29 is 4.74 Å². The summed E-state index contributed by atoms with van der Waals surface area (Å²) < 4.78 is 7.78. The summed E-state index contributed by atoms with van der Waals surface area (Å²) in [6.07, 6.45) is 1.67. The minimum Gasteiger partial charge on any atom is -0.489 e. The molecule has 0 bridgehead atoms. The van der Waals surface area contributed by atoms with E-state index < -0.39 is 0 Å². The van der Waals surface area contributed by atoms with Crippen LogP contribution in [-0.2, 0) is 6.61 Å². The lowest BCUT2D eigenvalue weighted by Gasteiger charge is -2.15. The van der Waals surface area contributed by atoms with Gasteiger partial charge in [0.05, 0.1) is 17.1 Å². The maximum Gasteiger partial charge on any atom is 0.282 e. The van der Waals surface area contributed by atoms with Gasteiger partial charge in [0.25, 0.3) is 5.56 Å². The Labute approximate surface area is 196 Å². The fraction of sp³-hybridized carbons (Fsp3) is 0.0357. The number of fused-ring (bicyclic) bond motifs is 1. The second kappa shape index (κ2) is 9.83. The van der Waals surface area contributed by atoms with Crippen LogP contribution in [0.1, 0.15) is 11.1 Å². The highest BCUT2D eigenvalue weighted by Crippen LogP contribution is 2.21. The Bertz CT molecular complexity index is 1500. The van der Waals surface area contributed by atoms with Crippen LogP contribution in [0.5, 0.6) is 5.75 Å². The molecule has 0 spiro atoms. The summed E-state index contributed by atoms with van der Waals surface area (Å²) in [5.41, 5.74) is 6.23. The van der Waals surface area contributed by atoms with Crippen LogP contribution in [0.15, 0.2) is 119 Å². The van der Waals surface area contributed by atoms with Crippen molar-refractivity contribution in [3.05, 3.63) is 131 Å². The molecule has 34 heavy (non-hydrogen) atoms. The van der Waals surface area contributed by atoms with Crippen molar-refractivity contribution in [3.8, 4) is 11.4 Å². The number of ether oxygens (including phenoxy) is 1. The normalized spacial score (nSPS) is 11.1. The third kappa shape index (κ3) is 4.71. The van der Waals surface area contributed by atoms with Crippen molar-refractivity contribution >= 4 is 23.1 Å². The van der Waals surface area contributed by atoms with Gasteiger partial charge in [-0.05, 0) is 47.5 Å². The first-order chi connectivity index (χ1) is 16.8. The SMILES string of the molecule is O=c1nc(NN=Cc2cccc(OCc3ccccc3)c2)n(-c2ccccc2)c2ccccc12. The summed E-state index contributed by atoms with van der Waals surface area (Å²) in [6.45, 7) is 0.490. The summed E-state index contributed by atoms with van der Waals surface area (Å²) in [7, 11) is 0. The number of hydrazone groups is 1. The molecule has 6 nitrogen and oxygen atoms in total. The summed E-state index contributed by atoms with van der Waals surface area (Å²) in [5, 5.41) is 4.90. The van der Waals surface area contributed by atoms with Gasteiger partial charge in [-0.25, -0.2) is 5.43 Å². The predicted octanol–water partition coefficient (Wildman–Crippen LogP) is 5.41. The molecule has 0 saturated heterocycles. The van der Waals surface area contributed by atoms with Crippen LogP contribution in [0.4, 0.5) is 5.95 Å². The Morgan fingerprint density at radius 2 is 1.59 bits per heavy atom. The van der Waals surface area contributed by atoms with Gasteiger partial charge in [0.2, 0.25) is 5.95 Å². The molecule has 6 heteroatoms. The number of nitrogens with one attached hydrogen (secondary N) is 1. The average Bonchev–Trinajstić information content (AvgIpc) is 2.89. The molecule has 0 fully saturated rings. The third-order valence-electron chi connectivity index (χ3n) is 5.29. The Hall–Kier alpha value is -4.71. The van der Waals surface area contributed by atoms with Crippen molar-refractivity contribution in [1.82, 2.24) is 9.55 Å². The highest BCUT2D eigenvalue weighted by atomic mass is 16.5. The minimum atomic E-state index is -0.309. The molecule has 0 atom stereocenters. The number of nitrogens with zero attached hydrogens (tertiary/aromatic N) is 3. The molecule has 5 rings (SSSR count). The molecule has 4 aromatic carbocycles. The molecule has 1 N–H and O–H groups in total. The first-order valence-electron chi connectivity index (χ1n) is 10.9. The van der Waals surface area contributed by atoms with E-state index in [1.165, 1.54) is 0 Å². The van der Waals surface area contributed by atoms with Gasteiger partial charge >= 0.3 is 0 Å². The molecular weight excluding hydrogens is 424 g/mol. The van der Waals surface area contributed by atoms with Crippen molar-refractivity contribution in [1.29, 1.82) is 0 Å². The van der Waals surface area contributed by atoms with Gasteiger partial charge in [-0.3, -0.25) is 9.36 Å². The largest absolute Gasteiger partial charge is 0.489 e. The van der Waals surface area contributed by atoms with Crippen LogP contribution in [0, 0.1) is 0 Å². The fourth-order valence-corrected chi connectivity index (χ4v) is 3.67. The van der Waals surface area contributed by atoms with E-state index in [4.69, 9.17) is 4.74 Å². The van der Waals surface area contributed by atoms with Crippen molar-refractivity contribution in [2.45, 2.75) is 6.61 Å². The van der Waals surface area contributed by atoms with Gasteiger partial charge < -0.3 is 4.74 Å². The number of anilines is 1. The second-order valence-corrected chi connectivity index (χ2v) is 7.65. The minimum absolute atomic E-state index is 0.309. The molecule has 0 radical (unpaired) electrons. The van der Waals surface area contributed by atoms with E-state index in [-0.39, 0.29) is 5.56 Å². The van der Waals surface area contributed by atoms with E-state index >= 15 is 0 Å². The molecule has 166 valence electrons. The number of rotatable bonds is 7. The van der Waals surface area contributed by atoms with Gasteiger partial charge in [-0.2, -0.15) is 10.1 Å². The average molecular weight is 447 g/mol. The Morgan fingerprint density at radius 1 is 0.853 bits per heavy atom. The number of hydrogen-bond donors (Lipinski definition) is 1. The molecule has 0 amide bonds. The van der Waals surface area contributed by atoms with Crippen LogP contribution < -0.4 is 15.7 Å². The highest BCUT2D eigenvalue weighted by Gasteiger charge is 2.11. The molecule has 0 saturated carbocycles. The molecular formula is C28H22N4O2. The first-order valence-corrected chi connectivity index (χ1v) is 10.9. The third-order valence-corrected chi connectivity index (χ3v) is 5.29. The fourth-order valence-electron chi connectivity index (χ4n) is 3.67. The summed E-state index contributed by atoms with van der Waals surface area (Å²) >= 11 is 0. The van der Waals surface area contributed by atoms with Gasteiger partial charge in [0, 0.05) is 5.69 Å². The van der Waals surface area contributed by atoms with E-state index in [1.807, 2.05) is 108 Å². The van der Waals surface area contributed by atoms with E-state index in [2.05, 4.69) is 15.5 Å². The number of hydrogen-bond acceptors (Lipinski definition) is 5. The van der Waals surface area contributed by atoms with Crippen LogP contribution in [-0.4, -0.2) is 15.8 Å². The van der Waals surface area contributed by atoms with E-state index in [9.17, 15) is 4.79 Å². The van der Waals surface area contributed by atoms with Gasteiger partial charge in [0.15, 0.2) is 0 Å². The zero-order chi connectivity index (χ0) is 23.2. The summed E-state index contributed by atoms with van der Waals surface area (Å²) in [6, 6.07) is 34.8. The molecule has 1 heterocycles. The number of aromatic nitrogens is 2. The van der Waals surface area contributed by atoms with Crippen molar-refractivity contribution in [2.24, 2.45) is 5.10 Å². The molecule has 1 aromatic heterocycles. The topological polar surface area (TPSA) is 68.5 Å². The quantitative estimate of drug-likeness (QED) is 0.268. The lowest BCUT2D eigenvalue weighted by molar-refractivity contribution is 0.306. The Morgan fingerprint density at radius 3 is 2.41 bits per heavy atom. The maximum atomic E-state index is 12.6. The van der Waals surface area contributed by atoms with Gasteiger partial charge in [-0.1, -0.05) is 72.8 Å². The van der Waals surface area contributed by atoms with Gasteiger partial charge in [0.1, 0.15) is 12.4 Å². The molecule has 0 aliphatic heterocycles. The smallest absolute Gasteiger partial charge is 0.282 e. The van der Waals surface area contributed by atoms with Gasteiger partial charge in [-0.15, -0.1) is 0 Å². The van der Waals surface area contributed by atoms with Crippen LogP contribution >= 0.6 is 0 Å². The molecule has 0 aliphatic carbocycles. The van der Waals surface area contributed by atoms with Crippen LogP contribution in [0.3, 0.4) is 0 Å². The van der Waals surface area contributed by atoms with Crippen molar-refractivity contribution in [3.63, 3.8) is 0 Å². The lowest BCUT2D eigenvalue weighted by Crippen LogP contribution is -2.16. The zero-order valence-corrected chi connectivity index (χ0v) is 18.3. The first kappa shape index (κ1) is 21.2. The van der Waals surface area contributed by atoms with E-state index in [0.29, 0.717) is 17.9 Å². The van der Waals surface area contributed by atoms with E-state index in [0.717, 1.165) is 28.1 Å². The Balaban J connectivity index is 1.40. The monoisotopic (exact) mass is 446 g/mol. The van der Waals surface area contributed by atoms with Crippen LogP contribution in [0.25, 0.3) is 16.6 Å². The second-order valence-electron chi connectivity index (χ2n) is 7.65. The lowest BCUT2D eigenvalue weighted by atomic mass is 10.2.